The number of hydrogen-bond acceptors (Lipinski definition) is 2. The fraction of sp³-hybridized carbons (Fsp3) is 0.750. The minimum Gasteiger partial charge on any atom is -0.481 e. The van der Waals surface area contributed by atoms with Gasteiger partial charge >= 0.3 is 5.97 Å². The van der Waals surface area contributed by atoms with Gasteiger partial charge < -0.3 is 5.11 Å². The second-order valence-electron chi connectivity index (χ2n) is 3.56. The molecule has 0 saturated heterocycles. The summed E-state index contributed by atoms with van der Waals surface area (Å²) < 4.78 is 0. The minimum absolute atomic E-state index is 0.141. The maximum atomic E-state index is 11.1. The second-order valence-corrected chi connectivity index (χ2v) is 3.56. The molecule has 0 radical (unpaired) electrons. The minimum atomic E-state index is -0.787. The van der Waals surface area contributed by atoms with Crippen molar-refractivity contribution in [2.24, 2.45) is 17.8 Å². The molecule has 3 heteroatoms. The van der Waals surface area contributed by atoms with Gasteiger partial charge in [0.15, 0.2) is 0 Å². The first kappa shape index (κ1) is 6.83. The fourth-order valence-electron chi connectivity index (χ4n) is 2.37. The van der Waals surface area contributed by atoms with Gasteiger partial charge in [0, 0.05) is 12.3 Å². The molecule has 0 heterocycles. The maximum absolute atomic E-state index is 11.1. The van der Waals surface area contributed by atoms with Crippen molar-refractivity contribution in [1.82, 2.24) is 0 Å². The number of carboxylic acid groups (broad SMARTS) is 1. The van der Waals surface area contributed by atoms with Gasteiger partial charge in [-0.1, -0.05) is 0 Å². The molecule has 60 valence electrons. The third-order valence-corrected chi connectivity index (χ3v) is 2.88. The highest BCUT2D eigenvalue weighted by Crippen LogP contribution is 2.46. The van der Waals surface area contributed by atoms with Crippen LogP contribution in [0.4, 0.5) is 0 Å². The van der Waals surface area contributed by atoms with Crippen molar-refractivity contribution in [2.75, 3.05) is 0 Å². The zero-order valence-corrected chi connectivity index (χ0v) is 6.12. The van der Waals surface area contributed by atoms with Crippen molar-refractivity contribution in [3.63, 3.8) is 0 Å². The normalized spacial score (nSPS) is 41.5. The number of hydrogen-bond donors (Lipinski definition) is 1. The first-order chi connectivity index (χ1) is 5.18. The summed E-state index contributed by atoms with van der Waals surface area (Å²) in [6, 6.07) is 0. The quantitative estimate of drug-likeness (QED) is 0.604. The van der Waals surface area contributed by atoms with Gasteiger partial charge in [0.05, 0.1) is 5.92 Å². The van der Waals surface area contributed by atoms with E-state index < -0.39 is 5.97 Å². The predicted molar refractivity (Wildman–Crippen MR) is 37.0 cm³/mol. The van der Waals surface area contributed by atoms with E-state index in [1.54, 1.807) is 0 Å². The molecular formula is C8H10O3. The Hall–Kier alpha value is -0.860. The molecule has 0 aromatic carbocycles. The molecule has 2 aliphatic rings. The average molecular weight is 154 g/mol. The van der Waals surface area contributed by atoms with Gasteiger partial charge in [-0.3, -0.25) is 9.59 Å². The van der Waals surface area contributed by atoms with Crippen LogP contribution < -0.4 is 0 Å². The molecule has 0 aromatic heterocycles. The summed E-state index contributed by atoms with van der Waals surface area (Å²) in [6.07, 6.45) is 2.19. The number of rotatable bonds is 1. The van der Waals surface area contributed by atoms with Gasteiger partial charge in [0.25, 0.3) is 0 Å². The van der Waals surface area contributed by atoms with Crippen molar-refractivity contribution in [3.8, 4) is 0 Å². The molecule has 3 nitrogen and oxygen atoms in total. The second kappa shape index (κ2) is 2.06. The molecule has 2 rings (SSSR count). The Kier molecular flexibility index (Phi) is 1.28. The lowest BCUT2D eigenvalue weighted by atomic mass is 9.88. The number of Topliss-reactive ketones (excluding diaryl/α,β-unsaturated/α-hetero) is 1. The van der Waals surface area contributed by atoms with Crippen molar-refractivity contribution in [2.45, 2.75) is 19.3 Å². The summed E-state index contributed by atoms with van der Waals surface area (Å²) in [5, 5.41) is 8.70. The topological polar surface area (TPSA) is 54.4 Å². The highest BCUT2D eigenvalue weighted by molar-refractivity contribution is 5.89. The Morgan fingerprint density at radius 3 is 2.55 bits per heavy atom. The molecule has 2 saturated carbocycles. The van der Waals surface area contributed by atoms with Crippen LogP contribution in [-0.2, 0) is 9.59 Å². The lowest BCUT2D eigenvalue weighted by Crippen LogP contribution is -2.26. The van der Waals surface area contributed by atoms with E-state index in [9.17, 15) is 9.59 Å². The third-order valence-electron chi connectivity index (χ3n) is 2.88. The molecule has 1 N–H and O–H groups in total. The van der Waals surface area contributed by atoms with Crippen molar-refractivity contribution < 1.29 is 14.7 Å². The van der Waals surface area contributed by atoms with Crippen LogP contribution in [-0.4, -0.2) is 16.9 Å². The molecule has 0 spiro atoms. The molecule has 2 aliphatic carbocycles. The van der Waals surface area contributed by atoms with E-state index >= 15 is 0 Å². The highest BCUT2D eigenvalue weighted by atomic mass is 16.4. The zero-order chi connectivity index (χ0) is 8.01. The molecule has 2 bridgehead atoms. The van der Waals surface area contributed by atoms with Gasteiger partial charge in [-0.25, -0.2) is 0 Å². The van der Waals surface area contributed by atoms with E-state index in [0.29, 0.717) is 12.3 Å². The smallest absolute Gasteiger partial charge is 0.307 e. The van der Waals surface area contributed by atoms with Crippen LogP contribution in [0.15, 0.2) is 0 Å². The average Bonchev–Trinajstić information content (AvgIpc) is 2.43. The molecule has 2 fully saturated rings. The number of ketones is 1. The van der Waals surface area contributed by atoms with Crippen molar-refractivity contribution in [1.29, 1.82) is 0 Å². The van der Waals surface area contributed by atoms with Crippen molar-refractivity contribution >= 4 is 11.8 Å². The first-order valence-corrected chi connectivity index (χ1v) is 3.94. The van der Waals surface area contributed by atoms with Crippen LogP contribution >= 0.6 is 0 Å². The molecular weight excluding hydrogens is 144 g/mol. The number of carboxylic acids is 1. The zero-order valence-electron chi connectivity index (χ0n) is 6.12. The predicted octanol–water partition coefficient (Wildman–Crippen LogP) is 0.686. The number of aliphatic carboxylic acids is 1. The summed E-state index contributed by atoms with van der Waals surface area (Å²) in [7, 11) is 0. The summed E-state index contributed by atoms with van der Waals surface area (Å²) >= 11 is 0. The Labute approximate surface area is 64.4 Å². The van der Waals surface area contributed by atoms with Crippen LogP contribution in [0.2, 0.25) is 0 Å². The lowest BCUT2D eigenvalue weighted by molar-refractivity contribution is -0.146. The van der Waals surface area contributed by atoms with Gasteiger partial charge in [-0.05, 0) is 18.8 Å². The highest BCUT2D eigenvalue weighted by Gasteiger charge is 2.48. The van der Waals surface area contributed by atoms with E-state index in [2.05, 4.69) is 0 Å². The van der Waals surface area contributed by atoms with Crippen LogP contribution in [0, 0.1) is 17.8 Å². The molecule has 3 atom stereocenters. The molecule has 11 heavy (non-hydrogen) atoms. The van der Waals surface area contributed by atoms with E-state index in [4.69, 9.17) is 5.11 Å². The van der Waals surface area contributed by atoms with Crippen LogP contribution in [0.25, 0.3) is 0 Å². The fourth-order valence-corrected chi connectivity index (χ4v) is 2.37. The maximum Gasteiger partial charge on any atom is 0.307 e. The Bertz CT molecular complexity index is 221. The van der Waals surface area contributed by atoms with Crippen molar-refractivity contribution in [3.05, 3.63) is 0 Å². The molecule has 0 unspecified atom stereocenters. The van der Waals surface area contributed by atoms with Crippen LogP contribution in [0.5, 0.6) is 0 Å². The molecule has 0 amide bonds. The largest absolute Gasteiger partial charge is 0.481 e. The summed E-state index contributed by atoms with van der Waals surface area (Å²) in [5.41, 5.74) is 0. The van der Waals surface area contributed by atoms with E-state index in [1.807, 2.05) is 0 Å². The standard InChI is InChI=1S/C8H10O3/c9-7-3-4-1-5(7)6(2-4)8(10)11/h4-6H,1-3H2,(H,10,11)/t4-,5-,6+/m0/s1. The SMILES string of the molecule is O=C1C[C@H]2C[C@H]1[C@H](C(=O)O)C2. The summed E-state index contributed by atoms with van der Waals surface area (Å²) in [6.45, 7) is 0. The first-order valence-electron chi connectivity index (χ1n) is 3.94. The Morgan fingerprint density at radius 1 is 1.45 bits per heavy atom. The summed E-state index contributed by atoms with van der Waals surface area (Å²) in [5.74, 6) is -0.730. The molecule has 0 aliphatic heterocycles. The summed E-state index contributed by atoms with van der Waals surface area (Å²) in [4.78, 5) is 21.7. The van der Waals surface area contributed by atoms with Gasteiger partial charge in [0.2, 0.25) is 0 Å². The van der Waals surface area contributed by atoms with Crippen LogP contribution in [0.1, 0.15) is 19.3 Å². The monoisotopic (exact) mass is 154 g/mol. The van der Waals surface area contributed by atoms with Gasteiger partial charge in [0.1, 0.15) is 5.78 Å². The lowest BCUT2D eigenvalue weighted by Gasteiger charge is -2.15. The van der Waals surface area contributed by atoms with E-state index in [1.165, 1.54) is 0 Å². The number of carbonyl (C=O) groups excluding carboxylic acids is 1. The van der Waals surface area contributed by atoms with Crippen LogP contribution in [0.3, 0.4) is 0 Å². The molecule has 0 aromatic rings. The van der Waals surface area contributed by atoms with Gasteiger partial charge in [-0.2, -0.15) is 0 Å². The van der Waals surface area contributed by atoms with Gasteiger partial charge in [-0.15, -0.1) is 0 Å². The number of carbonyl (C=O) groups is 2. The van der Waals surface area contributed by atoms with E-state index in [-0.39, 0.29) is 17.6 Å². The van der Waals surface area contributed by atoms with E-state index in [0.717, 1.165) is 12.8 Å². The Morgan fingerprint density at radius 2 is 2.18 bits per heavy atom. The third kappa shape index (κ3) is 0.870. The number of fused-ring (bicyclic) bond motifs is 2. The Balaban J connectivity index is 2.18.